The second-order valence-electron chi connectivity index (χ2n) is 7.22. The fourth-order valence-electron chi connectivity index (χ4n) is 3.43. The number of nitrogens with one attached hydrogen (secondary N) is 1. The molecule has 0 unspecified atom stereocenters. The van der Waals surface area contributed by atoms with E-state index in [0.29, 0.717) is 21.7 Å². The molecule has 0 radical (unpaired) electrons. The van der Waals surface area contributed by atoms with E-state index in [4.69, 9.17) is 17.0 Å². The molecule has 7 nitrogen and oxygen atoms in total. The van der Waals surface area contributed by atoms with Gasteiger partial charge in [-0.2, -0.15) is 14.5 Å². The molecule has 0 saturated carbocycles. The molecule has 33 heavy (non-hydrogen) atoms. The number of thioether (sulfide) groups is 1. The number of fused-ring (bicyclic) bond motifs is 1. The van der Waals surface area contributed by atoms with E-state index in [1.54, 1.807) is 15.7 Å². The summed E-state index contributed by atoms with van der Waals surface area (Å²) in [6.45, 7) is 1.87. The average Bonchev–Trinajstić information content (AvgIpc) is 3.36. The summed E-state index contributed by atoms with van der Waals surface area (Å²) >= 11 is 9.03. The quantitative estimate of drug-likeness (QED) is 0.392. The number of aromatic nitrogens is 2. The lowest BCUT2D eigenvalue weighted by Crippen LogP contribution is -2.41. The van der Waals surface area contributed by atoms with Gasteiger partial charge in [-0.15, -0.1) is 0 Å². The third-order valence-electron chi connectivity index (χ3n) is 5.11. The zero-order valence-electron chi connectivity index (χ0n) is 17.4. The molecule has 2 aliphatic heterocycles. The van der Waals surface area contributed by atoms with Crippen LogP contribution in [0, 0.1) is 12.3 Å². The number of hydrogen-bond acceptors (Lipinski definition) is 6. The van der Waals surface area contributed by atoms with Crippen LogP contribution in [0.25, 0.3) is 11.8 Å². The smallest absolute Gasteiger partial charge is 0.283 e. The Morgan fingerprint density at radius 2 is 1.82 bits per heavy atom. The van der Waals surface area contributed by atoms with Gasteiger partial charge in [0.25, 0.3) is 5.91 Å². The van der Waals surface area contributed by atoms with Crippen LogP contribution < -0.4 is 0 Å². The summed E-state index contributed by atoms with van der Waals surface area (Å²) in [6.07, 6.45) is 1.59. The van der Waals surface area contributed by atoms with E-state index in [2.05, 4.69) is 14.5 Å². The normalized spacial score (nSPS) is 16.8. The van der Waals surface area contributed by atoms with Gasteiger partial charge in [0, 0.05) is 17.0 Å². The Morgan fingerprint density at radius 3 is 2.55 bits per heavy atom. The van der Waals surface area contributed by atoms with E-state index < -0.39 is 5.91 Å². The van der Waals surface area contributed by atoms with Crippen LogP contribution >= 0.6 is 35.3 Å². The van der Waals surface area contributed by atoms with Crippen molar-refractivity contribution in [1.29, 1.82) is 5.41 Å². The van der Waals surface area contributed by atoms with Crippen molar-refractivity contribution in [3.8, 4) is 5.69 Å². The van der Waals surface area contributed by atoms with E-state index in [1.165, 1.54) is 11.8 Å². The van der Waals surface area contributed by atoms with Crippen LogP contribution in [0.15, 0.2) is 75.6 Å². The molecule has 3 heterocycles. The highest BCUT2D eigenvalue weighted by Crippen LogP contribution is 2.34. The molecule has 1 amide bonds. The molecule has 3 aromatic rings. The number of aliphatic imine (C=N–C) groups is 1. The predicted molar refractivity (Wildman–Crippen MR) is 136 cm³/mol. The minimum absolute atomic E-state index is 0.0252. The van der Waals surface area contributed by atoms with Gasteiger partial charge < -0.3 is 0 Å². The van der Waals surface area contributed by atoms with Crippen molar-refractivity contribution in [3.05, 3.63) is 88.2 Å². The van der Waals surface area contributed by atoms with Gasteiger partial charge in [0.15, 0.2) is 10.3 Å². The lowest BCUT2D eigenvalue weighted by Gasteiger charge is -2.24. The second-order valence-corrected chi connectivity index (χ2v) is 9.25. The molecular weight excluding hydrogens is 476 g/mol. The van der Waals surface area contributed by atoms with Crippen LogP contribution in [0.4, 0.5) is 0 Å². The number of nitrogens with zero attached hydrogens (tertiary/aromatic N) is 5. The van der Waals surface area contributed by atoms with Gasteiger partial charge >= 0.3 is 0 Å². The first-order chi connectivity index (χ1) is 16.0. The van der Waals surface area contributed by atoms with Crippen molar-refractivity contribution in [2.75, 3.05) is 0 Å². The summed E-state index contributed by atoms with van der Waals surface area (Å²) < 4.78 is 6.15. The topological polar surface area (TPSA) is 86.7 Å². The van der Waals surface area contributed by atoms with Gasteiger partial charge in [-0.3, -0.25) is 10.2 Å². The van der Waals surface area contributed by atoms with Gasteiger partial charge in [-0.25, -0.2) is 9.58 Å². The number of amides is 1. The highest BCUT2D eigenvalue weighted by atomic mass is 35.5. The van der Waals surface area contributed by atoms with Crippen LogP contribution in [-0.2, 0) is 10.5 Å². The first-order valence-electron chi connectivity index (χ1n) is 9.99. The standard InChI is InChI=1S/C23H17ClN6OS2/c1-14-17(19(24)27-30(14)16-10-6-3-7-11-16)12-18-20(25)29-22(26-21(18)31)33-28-23(29)32-13-15-8-4-2-5-9-15/h2-12,25H,13H2,1H3/b18-12-,25-20?. The molecule has 2 aromatic carbocycles. The van der Waals surface area contributed by atoms with E-state index >= 15 is 0 Å². The van der Waals surface area contributed by atoms with Gasteiger partial charge in [0.1, 0.15) is 5.84 Å². The fourth-order valence-corrected chi connectivity index (χ4v) is 5.49. The zero-order chi connectivity index (χ0) is 22.9. The number of hydrogen-bond donors (Lipinski definition) is 1. The lowest BCUT2D eigenvalue weighted by atomic mass is 10.1. The number of amidine groups is 3. The summed E-state index contributed by atoms with van der Waals surface area (Å²) in [6, 6.07) is 19.6. The fraction of sp³-hybridized carbons (Fsp3) is 0.0870. The van der Waals surface area contributed by atoms with E-state index in [-0.39, 0.29) is 16.6 Å². The number of para-hydroxylation sites is 1. The average molecular weight is 493 g/mol. The maximum absolute atomic E-state index is 12.8. The molecular formula is C23H17ClN6OS2. The van der Waals surface area contributed by atoms with Crippen molar-refractivity contribution in [2.45, 2.75) is 12.7 Å². The predicted octanol–water partition coefficient (Wildman–Crippen LogP) is 5.34. The highest BCUT2D eigenvalue weighted by Gasteiger charge is 2.37. The van der Waals surface area contributed by atoms with Gasteiger partial charge in [0.05, 0.1) is 23.2 Å². The third kappa shape index (κ3) is 4.15. The van der Waals surface area contributed by atoms with Crippen LogP contribution in [0.1, 0.15) is 16.8 Å². The summed E-state index contributed by atoms with van der Waals surface area (Å²) in [4.78, 5) is 18.5. The largest absolute Gasteiger partial charge is 0.283 e. The Hall–Kier alpha value is -3.14. The van der Waals surface area contributed by atoms with Gasteiger partial charge in [0.2, 0.25) is 5.17 Å². The molecule has 0 atom stereocenters. The lowest BCUT2D eigenvalue weighted by molar-refractivity contribution is -0.114. The molecule has 1 N–H and O–H groups in total. The first-order valence-corrected chi connectivity index (χ1v) is 12.1. The number of carbonyl (C=O) groups excluding carboxylic acids is 1. The molecule has 0 spiro atoms. The van der Waals surface area contributed by atoms with E-state index in [9.17, 15) is 4.79 Å². The SMILES string of the molecule is Cc1c(/C=C2/C(=N)N3C(SCc4ccccc4)=NSC3=NC2=O)c(Cl)nn1-c1ccccc1. The molecule has 0 bridgehead atoms. The number of carbonyl (C=O) groups is 1. The van der Waals surface area contributed by atoms with Crippen LogP contribution in [0.3, 0.4) is 0 Å². The molecule has 0 aliphatic carbocycles. The number of rotatable bonds is 4. The van der Waals surface area contributed by atoms with Gasteiger partial charge in [-0.05, 0) is 30.7 Å². The van der Waals surface area contributed by atoms with Crippen LogP contribution in [0.5, 0.6) is 0 Å². The molecule has 2 aliphatic rings. The van der Waals surface area contributed by atoms with Crippen LogP contribution in [0.2, 0.25) is 5.15 Å². The maximum Gasteiger partial charge on any atom is 0.283 e. The zero-order valence-corrected chi connectivity index (χ0v) is 19.8. The van der Waals surface area contributed by atoms with Gasteiger partial charge in [-0.1, -0.05) is 71.9 Å². The Labute approximate surface area is 203 Å². The van der Waals surface area contributed by atoms with Crippen molar-refractivity contribution >= 4 is 63.5 Å². The van der Waals surface area contributed by atoms with Crippen molar-refractivity contribution in [2.24, 2.45) is 9.39 Å². The second kappa shape index (κ2) is 9.01. The molecule has 10 heteroatoms. The maximum atomic E-state index is 12.8. The Morgan fingerprint density at radius 1 is 1.12 bits per heavy atom. The molecule has 164 valence electrons. The Kier molecular flexibility index (Phi) is 5.92. The third-order valence-corrected chi connectivity index (χ3v) is 7.22. The van der Waals surface area contributed by atoms with Crippen LogP contribution in [-0.4, -0.2) is 36.8 Å². The Bertz CT molecular complexity index is 1350. The summed E-state index contributed by atoms with van der Waals surface area (Å²) in [5.41, 5.74) is 3.49. The monoisotopic (exact) mass is 492 g/mol. The molecule has 0 fully saturated rings. The molecule has 1 aromatic heterocycles. The van der Waals surface area contributed by atoms with Crippen molar-refractivity contribution in [3.63, 3.8) is 0 Å². The summed E-state index contributed by atoms with van der Waals surface area (Å²) in [7, 11) is 0. The summed E-state index contributed by atoms with van der Waals surface area (Å²) in [5, 5.41) is 14.4. The summed E-state index contributed by atoms with van der Waals surface area (Å²) in [5.74, 6) is 0.224. The minimum Gasteiger partial charge on any atom is -0.283 e. The minimum atomic E-state index is -0.494. The molecule has 5 rings (SSSR count). The van der Waals surface area contributed by atoms with Crippen molar-refractivity contribution < 1.29 is 4.79 Å². The Balaban J connectivity index is 1.45. The number of halogens is 1. The first kappa shape index (κ1) is 21.7. The number of benzene rings is 2. The van der Waals surface area contributed by atoms with E-state index in [0.717, 1.165) is 28.9 Å². The van der Waals surface area contributed by atoms with Crippen molar-refractivity contribution in [1.82, 2.24) is 14.7 Å². The molecule has 0 saturated heterocycles. The highest BCUT2D eigenvalue weighted by molar-refractivity contribution is 8.18. The van der Waals surface area contributed by atoms with E-state index in [1.807, 2.05) is 67.6 Å².